The standard InChI is InChI=1S/C22H46O/c1-11-15(5)19(9)21(17(7)13-3)23-22(18(8)14-4)20(10)16(6)12-2/h15-22H,11-14H2,1-10H3. The molecule has 0 rings (SSSR count). The molecule has 0 aromatic heterocycles. The first kappa shape index (κ1) is 23.0. The molecule has 0 spiro atoms. The molecule has 8 unspecified atom stereocenters. The minimum atomic E-state index is 0.389. The quantitative estimate of drug-likeness (QED) is 0.368. The van der Waals surface area contributed by atoms with Crippen LogP contribution in [0, 0.1) is 35.5 Å². The molecular weight excluding hydrogens is 280 g/mol. The van der Waals surface area contributed by atoms with Gasteiger partial charge in [-0.25, -0.2) is 0 Å². The second-order valence-electron chi connectivity index (χ2n) is 8.33. The normalized spacial score (nSPS) is 22.7. The highest BCUT2D eigenvalue weighted by molar-refractivity contribution is 4.82. The van der Waals surface area contributed by atoms with Crippen LogP contribution in [0.3, 0.4) is 0 Å². The van der Waals surface area contributed by atoms with E-state index in [4.69, 9.17) is 4.74 Å². The van der Waals surface area contributed by atoms with Crippen LogP contribution in [0.1, 0.15) is 94.9 Å². The molecule has 0 bridgehead atoms. The Labute approximate surface area is 148 Å². The molecule has 1 heteroatoms. The predicted octanol–water partition coefficient (Wildman–Crippen LogP) is 7.20. The minimum absolute atomic E-state index is 0.389. The Balaban J connectivity index is 5.33. The predicted molar refractivity (Wildman–Crippen MR) is 105 cm³/mol. The van der Waals surface area contributed by atoms with E-state index >= 15 is 0 Å². The van der Waals surface area contributed by atoms with Gasteiger partial charge in [-0.05, 0) is 35.5 Å². The van der Waals surface area contributed by atoms with Crippen LogP contribution in [-0.2, 0) is 4.74 Å². The molecule has 0 aliphatic heterocycles. The molecule has 0 heterocycles. The summed E-state index contributed by atoms with van der Waals surface area (Å²) in [6.45, 7) is 23.6. The van der Waals surface area contributed by atoms with Gasteiger partial charge in [0.1, 0.15) is 0 Å². The van der Waals surface area contributed by atoms with Crippen LogP contribution in [0.25, 0.3) is 0 Å². The second kappa shape index (κ2) is 11.5. The van der Waals surface area contributed by atoms with E-state index in [1.54, 1.807) is 0 Å². The molecule has 1 nitrogen and oxygen atoms in total. The average molecular weight is 327 g/mol. The third-order valence-corrected chi connectivity index (χ3v) is 6.84. The van der Waals surface area contributed by atoms with Crippen molar-refractivity contribution in [2.24, 2.45) is 35.5 Å². The lowest BCUT2D eigenvalue weighted by Crippen LogP contribution is -2.42. The van der Waals surface area contributed by atoms with Gasteiger partial charge in [0.2, 0.25) is 0 Å². The van der Waals surface area contributed by atoms with Crippen molar-refractivity contribution in [3.8, 4) is 0 Å². The molecule has 0 aromatic carbocycles. The van der Waals surface area contributed by atoms with Gasteiger partial charge in [0.15, 0.2) is 0 Å². The van der Waals surface area contributed by atoms with Gasteiger partial charge in [0.05, 0.1) is 12.2 Å². The van der Waals surface area contributed by atoms with Gasteiger partial charge in [-0.15, -0.1) is 0 Å². The summed E-state index contributed by atoms with van der Waals surface area (Å²) in [5.41, 5.74) is 0. The Morgan fingerprint density at radius 2 is 0.739 bits per heavy atom. The molecule has 0 saturated heterocycles. The number of hydrogen-bond donors (Lipinski definition) is 0. The van der Waals surface area contributed by atoms with Crippen LogP contribution in [-0.4, -0.2) is 12.2 Å². The lowest BCUT2D eigenvalue weighted by Gasteiger charge is -2.40. The fraction of sp³-hybridized carbons (Fsp3) is 1.00. The van der Waals surface area contributed by atoms with Crippen molar-refractivity contribution in [1.82, 2.24) is 0 Å². The van der Waals surface area contributed by atoms with Gasteiger partial charge < -0.3 is 4.74 Å². The summed E-state index contributed by atoms with van der Waals surface area (Å²) < 4.78 is 6.93. The Hall–Kier alpha value is -0.0400. The Morgan fingerprint density at radius 3 is 0.957 bits per heavy atom. The van der Waals surface area contributed by atoms with E-state index in [0.717, 1.165) is 11.8 Å². The summed E-state index contributed by atoms with van der Waals surface area (Å²) in [4.78, 5) is 0. The van der Waals surface area contributed by atoms with E-state index < -0.39 is 0 Å². The molecule has 0 amide bonds. The van der Waals surface area contributed by atoms with Crippen molar-refractivity contribution < 1.29 is 4.74 Å². The number of hydrogen-bond acceptors (Lipinski definition) is 1. The van der Waals surface area contributed by atoms with Crippen LogP contribution in [0.2, 0.25) is 0 Å². The summed E-state index contributed by atoms with van der Waals surface area (Å²) in [5.74, 6) is 3.98. The van der Waals surface area contributed by atoms with E-state index in [1.165, 1.54) is 25.7 Å². The van der Waals surface area contributed by atoms with Crippen molar-refractivity contribution in [3.05, 3.63) is 0 Å². The van der Waals surface area contributed by atoms with Crippen LogP contribution in [0.4, 0.5) is 0 Å². The lowest BCUT2D eigenvalue weighted by molar-refractivity contribution is -0.124. The second-order valence-corrected chi connectivity index (χ2v) is 8.33. The van der Waals surface area contributed by atoms with E-state index in [9.17, 15) is 0 Å². The smallest absolute Gasteiger partial charge is 0.0632 e. The summed E-state index contributed by atoms with van der Waals surface area (Å²) >= 11 is 0. The Bertz CT molecular complexity index is 260. The largest absolute Gasteiger partial charge is 0.374 e. The first-order valence-electron chi connectivity index (χ1n) is 10.4. The topological polar surface area (TPSA) is 9.23 Å². The number of rotatable bonds is 12. The summed E-state index contributed by atoms with van der Waals surface area (Å²) in [6.07, 6.45) is 5.67. The molecule has 23 heavy (non-hydrogen) atoms. The van der Waals surface area contributed by atoms with Crippen molar-refractivity contribution in [2.75, 3.05) is 0 Å². The van der Waals surface area contributed by atoms with Crippen molar-refractivity contribution in [3.63, 3.8) is 0 Å². The van der Waals surface area contributed by atoms with Crippen LogP contribution >= 0.6 is 0 Å². The summed E-state index contributed by atoms with van der Waals surface area (Å²) in [6, 6.07) is 0. The molecule has 0 radical (unpaired) electrons. The first-order chi connectivity index (χ1) is 10.7. The monoisotopic (exact) mass is 326 g/mol. The van der Waals surface area contributed by atoms with Gasteiger partial charge >= 0.3 is 0 Å². The highest BCUT2D eigenvalue weighted by atomic mass is 16.5. The zero-order valence-corrected chi connectivity index (χ0v) is 17.9. The highest BCUT2D eigenvalue weighted by Gasteiger charge is 2.34. The molecule has 8 atom stereocenters. The van der Waals surface area contributed by atoms with Crippen molar-refractivity contribution in [1.29, 1.82) is 0 Å². The minimum Gasteiger partial charge on any atom is -0.374 e. The number of ether oxygens (including phenoxy) is 1. The van der Waals surface area contributed by atoms with Gasteiger partial charge in [-0.3, -0.25) is 0 Å². The Morgan fingerprint density at radius 1 is 0.478 bits per heavy atom. The molecule has 0 aliphatic rings. The third-order valence-electron chi connectivity index (χ3n) is 6.84. The van der Waals surface area contributed by atoms with Gasteiger partial charge in [0.25, 0.3) is 0 Å². The van der Waals surface area contributed by atoms with Crippen LogP contribution in [0.5, 0.6) is 0 Å². The van der Waals surface area contributed by atoms with Gasteiger partial charge in [-0.2, -0.15) is 0 Å². The molecule has 0 fully saturated rings. The highest BCUT2D eigenvalue weighted by Crippen LogP contribution is 2.34. The Kier molecular flexibility index (Phi) is 11.5. The third kappa shape index (κ3) is 6.77. The first-order valence-corrected chi connectivity index (χ1v) is 10.4. The van der Waals surface area contributed by atoms with E-state index in [1.807, 2.05) is 0 Å². The summed E-state index contributed by atoms with van der Waals surface area (Å²) in [5, 5.41) is 0. The maximum Gasteiger partial charge on any atom is 0.0632 e. The van der Waals surface area contributed by atoms with Crippen LogP contribution < -0.4 is 0 Å². The van der Waals surface area contributed by atoms with E-state index in [2.05, 4.69) is 69.2 Å². The fourth-order valence-electron chi connectivity index (χ4n) is 3.59. The fourth-order valence-corrected chi connectivity index (χ4v) is 3.59. The van der Waals surface area contributed by atoms with Crippen LogP contribution in [0.15, 0.2) is 0 Å². The molecular formula is C22H46O. The summed E-state index contributed by atoms with van der Waals surface area (Å²) in [7, 11) is 0. The van der Waals surface area contributed by atoms with E-state index in [0.29, 0.717) is 35.9 Å². The maximum atomic E-state index is 6.93. The van der Waals surface area contributed by atoms with Gasteiger partial charge in [-0.1, -0.05) is 94.9 Å². The average Bonchev–Trinajstić information content (AvgIpc) is 2.58. The molecule has 0 N–H and O–H groups in total. The molecule has 0 aromatic rings. The zero-order chi connectivity index (χ0) is 18.2. The SMILES string of the molecule is CCC(C)C(C)C(OC(C(C)CC)C(C)C(C)CC)C(C)CC. The van der Waals surface area contributed by atoms with E-state index in [-0.39, 0.29) is 0 Å². The molecule has 0 aliphatic carbocycles. The zero-order valence-electron chi connectivity index (χ0n) is 17.9. The van der Waals surface area contributed by atoms with Crippen molar-refractivity contribution >= 4 is 0 Å². The van der Waals surface area contributed by atoms with Crippen molar-refractivity contribution in [2.45, 2.75) is 107 Å². The van der Waals surface area contributed by atoms with Gasteiger partial charge in [0, 0.05) is 0 Å². The molecule has 0 saturated carbocycles. The molecule has 140 valence electrons. The maximum absolute atomic E-state index is 6.93. The lowest BCUT2D eigenvalue weighted by atomic mass is 9.79.